The number of rotatable bonds is 17. The summed E-state index contributed by atoms with van der Waals surface area (Å²) in [4.78, 5) is 21.8. The third-order valence-electron chi connectivity index (χ3n) is 6.86. The topological polar surface area (TPSA) is 88.5 Å². The van der Waals surface area contributed by atoms with Crippen molar-refractivity contribution in [3.63, 3.8) is 0 Å². The number of methoxy groups -OCH3 is 1. The standard InChI is InChI=1S/C36H40N2O6/c1-27-35(43-26-33(40-3)25-42-22-30-15-9-5-10-16-30)34(32(19-37-27)24-41-21-29-13-7-4-8-14-29)20-38-28(2)36(39)44-23-31-17-11-6-12-18-31/h4-20,28,33H,21-26H2,1-3H3/t28?,33-/m0/s1. The van der Waals surface area contributed by atoms with E-state index in [0.29, 0.717) is 36.8 Å². The van der Waals surface area contributed by atoms with Crippen LogP contribution < -0.4 is 4.74 Å². The summed E-state index contributed by atoms with van der Waals surface area (Å²) in [5, 5.41) is 0. The van der Waals surface area contributed by atoms with Crippen LogP contribution in [-0.2, 0) is 50.2 Å². The minimum absolute atomic E-state index is 0.186. The molecule has 44 heavy (non-hydrogen) atoms. The molecule has 230 valence electrons. The van der Waals surface area contributed by atoms with Crippen molar-refractivity contribution in [2.45, 2.75) is 52.4 Å². The van der Waals surface area contributed by atoms with Crippen molar-refractivity contribution < 1.29 is 28.5 Å². The molecular weight excluding hydrogens is 556 g/mol. The highest BCUT2D eigenvalue weighted by molar-refractivity contribution is 5.88. The SMILES string of the molecule is CO[C@@H](COCc1ccccc1)COc1c(C)ncc(COCc2ccccc2)c1C=NC(C)C(=O)OCc1ccccc1. The van der Waals surface area contributed by atoms with Gasteiger partial charge in [0.15, 0.2) is 0 Å². The molecule has 1 unspecified atom stereocenters. The number of nitrogens with zero attached hydrogens (tertiary/aromatic N) is 2. The number of aliphatic imine (C=N–C) groups is 1. The second kappa shape index (κ2) is 17.7. The van der Waals surface area contributed by atoms with E-state index in [1.165, 1.54) is 0 Å². The number of benzene rings is 3. The van der Waals surface area contributed by atoms with E-state index in [1.807, 2.05) is 97.9 Å². The number of carbonyl (C=O) groups is 1. The highest BCUT2D eigenvalue weighted by atomic mass is 16.6. The predicted molar refractivity (Wildman–Crippen MR) is 170 cm³/mol. The van der Waals surface area contributed by atoms with Gasteiger partial charge in [0.1, 0.15) is 31.1 Å². The van der Waals surface area contributed by atoms with Crippen LogP contribution in [0.25, 0.3) is 0 Å². The Morgan fingerprint density at radius 2 is 1.36 bits per heavy atom. The summed E-state index contributed by atoms with van der Waals surface area (Å²) in [7, 11) is 1.63. The number of aryl methyl sites for hydroxylation is 1. The number of hydrogen-bond donors (Lipinski definition) is 0. The summed E-state index contributed by atoms with van der Waals surface area (Å²) in [5.41, 5.74) is 5.21. The molecule has 0 radical (unpaired) electrons. The van der Waals surface area contributed by atoms with Gasteiger partial charge in [0.25, 0.3) is 0 Å². The molecule has 1 heterocycles. The number of hydrogen-bond acceptors (Lipinski definition) is 8. The van der Waals surface area contributed by atoms with E-state index in [1.54, 1.807) is 26.4 Å². The Labute approximate surface area is 259 Å². The molecule has 0 aliphatic carbocycles. The summed E-state index contributed by atoms with van der Waals surface area (Å²) in [6.45, 7) is 5.54. The van der Waals surface area contributed by atoms with Gasteiger partial charge in [-0.3, -0.25) is 9.98 Å². The van der Waals surface area contributed by atoms with Gasteiger partial charge in [-0.2, -0.15) is 0 Å². The quantitative estimate of drug-likeness (QED) is 0.105. The smallest absolute Gasteiger partial charge is 0.330 e. The summed E-state index contributed by atoms with van der Waals surface area (Å²) in [6.07, 6.45) is 3.09. The van der Waals surface area contributed by atoms with Gasteiger partial charge in [0.2, 0.25) is 0 Å². The molecule has 8 heteroatoms. The van der Waals surface area contributed by atoms with Crippen LogP contribution in [0, 0.1) is 6.92 Å². The molecule has 0 saturated heterocycles. The lowest BCUT2D eigenvalue weighted by Crippen LogP contribution is -2.26. The molecule has 0 spiro atoms. The van der Waals surface area contributed by atoms with Gasteiger partial charge in [-0.25, -0.2) is 4.79 Å². The van der Waals surface area contributed by atoms with Crippen LogP contribution in [-0.4, -0.2) is 49.6 Å². The molecule has 0 aliphatic heterocycles. The molecule has 4 rings (SSSR count). The molecule has 3 aromatic carbocycles. The van der Waals surface area contributed by atoms with Crippen molar-refractivity contribution in [3.05, 3.63) is 131 Å². The lowest BCUT2D eigenvalue weighted by molar-refractivity contribution is -0.145. The van der Waals surface area contributed by atoms with Crippen LogP contribution in [0.3, 0.4) is 0 Å². The van der Waals surface area contributed by atoms with Crippen LogP contribution >= 0.6 is 0 Å². The average Bonchev–Trinajstić information content (AvgIpc) is 3.06. The first-order valence-electron chi connectivity index (χ1n) is 14.6. The molecule has 8 nitrogen and oxygen atoms in total. The van der Waals surface area contributed by atoms with Crippen molar-refractivity contribution in [1.29, 1.82) is 0 Å². The zero-order valence-electron chi connectivity index (χ0n) is 25.6. The summed E-state index contributed by atoms with van der Waals surface area (Å²) in [5.74, 6) is 0.125. The summed E-state index contributed by atoms with van der Waals surface area (Å²) in [6, 6.07) is 28.7. The van der Waals surface area contributed by atoms with Gasteiger partial charge in [-0.1, -0.05) is 91.0 Å². The first-order valence-corrected chi connectivity index (χ1v) is 14.6. The Morgan fingerprint density at radius 3 is 1.95 bits per heavy atom. The summed E-state index contributed by atoms with van der Waals surface area (Å²) < 4.78 is 29.3. The van der Waals surface area contributed by atoms with Gasteiger partial charge in [0, 0.05) is 30.6 Å². The number of esters is 1. The van der Waals surface area contributed by atoms with Crippen LogP contribution in [0.4, 0.5) is 0 Å². The number of carbonyl (C=O) groups excluding carboxylic acids is 1. The third-order valence-corrected chi connectivity index (χ3v) is 6.86. The van der Waals surface area contributed by atoms with E-state index in [2.05, 4.69) is 9.98 Å². The molecular formula is C36H40N2O6. The largest absolute Gasteiger partial charge is 0.488 e. The number of aromatic nitrogens is 1. The molecule has 1 aromatic heterocycles. The Balaban J connectivity index is 1.46. The van der Waals surface area contributed by atoms with Crippen LogP contribution in [0.1, 0.15) is 40.4 Å². The Morgan fingerprint density at radius 1 is 0.795 bits per heavy atom. The maximum Gasteiger partial charge on any atom is 0.330 e. The maximum atomic E-state index is 12.7. The normalized spacial score (nSPS) is 12.6. The van der Waals surface area contributed by atoms with Crippen LogP contribution in [0.2, 0.25) is 0 Å². The van der Waals surface area contributed by atoms with Crippen molar-refractivity contribution in [1.82, 2.24) is 4.98 Å². The van der Waals surface area contributed by atoms with E-state index in [4.69, 9.17) is 23.7 Å². The fourth-order valence-electron chi connectivity index (χ4n) is 4.27. The Kier molecular flexibility index (Phi) is 13.1. The molecule has 0 aliphatic rings. The molecule has 0 bridgehead atoms. The third kappa shape index (κ3) is 10.4. The van der Waals surface area contributed by atoms with E-state index in [-0.39, 0.29) is 25.9 Å². The Hall–Kier alpha value is -4.37. The second-order valence-electron chi connectivity index (χ2n) is 10.3. The van der Waals surface area contributed by atoms with Crippen molar-refractivity contribution in [2.24, 2.45) is 4.99 Å². The fraction of sp³-hybridized carbons (Fsp3) is 0.306. The van der Waals surface area contributed by atoms with E-state index < -0.39 is 12.0 Å². The highest BCUT2D eigenvalue weighted by Gasteiger charge is 2.18. The van der Waals surface area contributed by atoms with E-state index in [9.17, 15) is 4.79 Å². The first kappa shape index (κ1) is 32.5. The zero-order valence-corrected chi connectivity index (χ0v) is 25.6. The lowest BCUT2D eigenvalue weighted by atomic mass is 10.1. The Bertz CT molecular complexity index is 1450. The average molecular weight is 597 g/mol. The molecule has 4 aromatic rings. The highest BCUT2D eigenvalue weighted by Crippen LogP contribution is 2.26. The number of ether oxygens (including phenoxy) is 5. The van der Waals surface area contributed by atoms with Crippen LogP contribution in [0.15, 0.2) is 102 Å². The molecule has 2 atom stereocenters. The first-order chi connectivity index (χ1) is 21.5. The molecule has 0 saturated carbocycles. The minimum atomic E-state index is -0.726. The molecule has 0 N–H and O–H groups in total. The molecule has 0 amide bonds. The van der Waals surface area contributed by atoms with Gasteiger partial charge in [-0.05, 0) is 30.5 Å². The van der Waals surface area contributed by atoms with E-state index in [0.717, 1.165) is 22.3 Å². The molecule has 0 fully saturated rings. The van der Waals surface area contributed by atoms with Crippen LogP contribution in [0.5, 0.6) is 5.75 Å². The zero-order chi connectivity index (χ0) is 31.0. The fourth-order valence-corrected chi connectivity index (χ4v) is 4.27. The lowest BCUT2D eigenvalue weighted by Gasteiger charge is -2.20. The maximum absolute atomic E-state index is 12.7. The van der Waals surface area contributed by atoms with Crippen molar-refractivity contribution in [2.75, 3.05) is 20.3 Å². The van der Waals surface area contributed by atoms with E-state index >= 15 is 0 Å². The van der Waals surface area contributed by atoms with Crippen molar-refractivity contribution in [3.8, 4) is 5.75 Å². The van der Waals surface area contributed by atoms with Gasteiger partial charge in [-0.15, -0.1) is 0 Å². The predicted octanol–water partition coefficient (Wildman–Crippen LogP) is 6.27. The van der Waals surface area contributed by atoms with Gasteiger partial charge >= 0.3 is 5.97 Å². The number of pyridine rings is 1. The summed E-state index contributed by atoms with van der Waals surface area (Å²) >= 11 is 0. The monoisotopic (exact) mass is 596 g/mol. The van der Waals surface area contributed by atoms with Gasteiger partial charge < -0.3 is 23.7 Å². The van der Waals surface area contributed by atoms with Crippen molar-refractivity contribution >= 4 is 12.2 Å². The second-order valence-corrected chi connectivity index (χ2v) is 10.3. The van der Waals surface area contributed by atoms with Gasteiger partial charge in [0.05, 0.1) is 32.1 Å². The minimum Gasteiger partial charge on any atom is -0.488 e.